The molecule has 0 atom stereocenters. The van der Waals surface area contributed by atoms with E-state index in [1.165, 1.54) is 11.1 Å². The van der Waals surface area contributed by atoms with Crippen molar-refractivity contribution in [2.24, 2.45) is 7.05 Å². The van der Waals surface area contributed by atoms with Gasteiger partial charge in [0, 0.05) is 37.2 Å². The number of hydrogen-bond acceptors (Lipinski definition) is 5. The second-order valence-electron chi connectivity index (χ2n) is 12.2. The lowest BCUT2D eigenvalue weighted by Gasteiger charge is -2.60. The van der Waals surface area contributed by atoms with Crippen molar-refractivity contribution >= 4 is 17.1 Å². The highest BCUT2D eigenvalue weighted by Gasteiger charge is 2.59. The third kappa shape index (κ3) is 4.93. The third-order valence-corrected chi connectivity index (χ3v) is 7.76. The monoisotopic (exact) mass is 583 g/mol. The van der Waals surface area contributed by atoms with Gasteiger partial charge in [-0.3, -0.25) is 19.2 Å². The van der Waals surface area contributed by atoms with Gasteiger partial charge in [0.25, 0.3) is 5.56 Å². The van der Waals surface area contributed by atoms with Crippen LogP contribution >= 0.6 is 0 Å². The zero-order valence-electron chi connectivity index (χ0n) is 23.9. The van der Waals surface area contributed by atoms with Crippen molar-refractivity contribution in [2.45, 2.75) is 69.9 Å². The van der Waals surface area contributed by atoms with Crippen molar-refractivity contribution in [1.29, 1.82) is 0 Å². The molecular weight excluding hydrogens is 551 g/mol. The first-order valence-electron chi connectivity index (χ1n) is 13.4. The van der Waals surface area contributed by atoms with Gasteiger partial charge in [0.1, 0.15) is 18.5 Å². The Hall–Kier alpha value is -4.19. The van der Waals surface area contributed by atoms with Gasteiger partial charge in [0.05, 0.1) is 27.9 Å². The number of fused-ring (bicyclic) bond motifs is 1. The number of aliphatic hydroxyl groups is 1. The fourth-order valence-corrected chi connectivity index (χ4v) is 6.50. The predicted octanol–water partition coefficient (Wildman–Crippen LogP) is 5.54. The smallest absolute Gasteiger partial charge is 0.408 e. The summed E-state index contributed by atoms with van der Waals surface area (Å²) in [5, 5.41) is 20.9. The summed E-state index contributed by atoms with van der Waals surface area (Å²) in [4.78, 5) is 35.9. The average molecular weight is 584 g/mol. The average Bonchev–Trinajstić information content (AvgIpc) is 3.16. The minimum absolute atomic E-state index is 0.0123. The van der Waals surface area contributed by atoms with Crippen molar-refractivity contribution in [1.82, 2.24) is 24.0 Å². The quantitative estimate of drug-likeness (QED) is 0.319. The first kappa shape index (κ1) is 29.3. The van der Waals surface area contributed by atoms with E-state index in [-0.39, 0.29) is 23.9 Å². The van der Waals surface area contributed by atoms with Gasteiger partial charge in [-0.15, -0.1) is 0 Å². The lowest BCUT2D eigenvalue weighted by molar-refractivity contribution is -0.152. The Bertz CT molecular complexity index is 1710. The number of amides is 1. The Morgan fingerprint density at radius 3 is 2.21 bits per heavy atom. The van der Waals surface area contributed by atoms with E-state index in [1.807, 2.05) is 0 Å². The fourth-order valence-electron chi connectivity index (χ4n) is 6.50. The standard InChI is InChI=1S/C30H32F3N5O4/c1-27(2,3)38(26(40)41)29(14-28(4,42)15-29)19-11-9-18(10-12-19)23-21(20-8-6-7-13-34-20)22-24(36(23)5)35-17-37(25(22)39)16-30(31,32)33/h6-13,17,42H,14-16H2,1-5H3,(H,40,41). The Morgan fingerprint density at radius 2 is 1.71 bits per heavy atom. The van der Waals surface area contributed by atoms with Crippen molar-refractivity contribution in [3.8, 4) is 22.5 Å². The number of nitrogens with zero attached hydrogens (tertiary/aromatic N) is 5. The molecule has 42 heavy (non-hydrogen) atoms. The number of pyridine rings is 1. The number of aryl methyl sites for hydroxylation is 1. The van der Waals surface area contributed by atoms with Crippen molar-refractivity contribution < 1.29 is 28.2 Å². The van der Waals surface area contributed by atoms with Crippen LogP contribution in [-0.2, 0) is 19.1 Å². The maximum absolute atomic E-state index is 13.4. The molecule has 1 fully saturated rings. The van der Waals surface area contributed by atoms with E-state index in [0.717, 1.165) is 6.33 Å². The zero-order valence-corrected chi connectivity index (χ0v) is 23.9. The summed E-state index contributed by atoms with van der Waals surface area (Å²) in [5.41, 5.74) is -0.831. The minimum atomic E-state index is -4.61. The number of hydrogen-bond donors (Lipinski definition) is 2. The molecule has 1 saturated carbocycles. The predicted molar refractivity (Wildman–Crippen MR) is 151 cm³/mol. The highest BCUT2D eigenvalue weighted by molar-refractivity contribution is 6.01. The summed E-state index contributed by atoms with van der Waals surface area (Å²) in [6, 6.07) is 12.2. The molecule has 0 radical (unpaired) electrons. The summed E-state index contributed by atoms with van der Waals surface area (Å²) in [6.45, 7) is 5.61. The van der Waals surface area contributed by atoms with Gasteiger partial charge in [-0.2, -0.15) is 13.2 Å². The van der Waals surface area contributed by atoms with E-state index in [2.05, 4.69) is 9.97 Å². The maximum atomic E-state index is 13.4. The van der Waals surface area contributed by atoms with E-state index < -0.39 is 41.1 Å². The van der Waals surface area contributed by atoms with Crippen LogP contribution in [0.1, 0.15) is 46.1 Å². The molecule has 0 unspecified atom stereocenters. The SMILES string of the molecule is Cn1c(-c2ccc(C3(N(C(=O)O)C(C)(C)C)CC(C)(O)C3)cc2)c(-c2ccccn2)c2c(=O)n(CC(F)(F)F)cnc21. The van der Waals surface area contributed by atoms with Crippen LogP contribution in [0.25, 0.3) is 33.5 Å². The van der Waals surface area contributed by atoms with E-state index in [4.69, 9.17) is 0 Å². The number of carbonyl (C=O) groups is 1. The van der Waals surface area contributed by atoms with Crippen LogP contribution < -0.4 is 5.56 Å². The van der Waals surface area contributed by atoms with Crippen LogP contribution in [0.3, 0.4) is 0 Å². The molecule has 12 heteroatoms. The van der Waals surface area contributed by atoms with Crippen LogP contribution in [0.2, 0.25) is 0 Å². The van der Waals surface area contributed by atoms with E-state index in [1.54, 1.807) is 81.8 Å². The molecule has 9 nitrogen and oxygen atoms in total. The Morgan fingerprint density at radius 1 is 1.07 bits per heavy atom. The molecule has 1 aliphatic rings. The molecule has 0 spiro atoms. The third-order valence-electron chi connectivity index (χ3n) is 7.76. The van der Waals surface area contributed by atoms with Crippen LogP contribution in [0.5, 0.6) is 0 Å². The fraction of sp³-hybridized carbons (Fsp3) is 0.400. The Balaban J connectivity index is 1.71. The van der Waals surface area contributed by atoms with Crippen molar-refractivity contribution in [2.75, 3.05) is 0 Å². The van der Waals surface area contributed by atoms with Gasteiger partial charge in [-0.25, -0.2) is 9.78 Å². The molecule has 0 saturated heterocycles. The molecule has 2 N–H and O–H groups in total. The Kier molecular flexibility index (Phi) is 6.76. The number of rotatable bonds is 5. The molecule has 4 aromatic rings. The molecule has 222 valence electrons. The number of alkyl halides is 3. The maximum Gasteiger partial charge on any atom is 0.408 e. The minimum Gasteiger partial charge on any atom is -0.465 e. The molecule has 0 bridgehead atoms. The van der Waals surface area contributed by atoms with E-state index >= 15 is 0 Å². The molecule has 1 amide bonds. The summed E-state index contributed by atoms with van der Waals surface area (Å²) in [7, 11) is 1.68. The summed E-state index contributed by atoms with van der Waals surface area (Å²) in [5.74, 6) is 0. The van der Waals surface area contributed by atoms with Gasteiger partial charge in [0.15, 0.2) is 0 Å². The molecule has 3 heterocycles. The number of benzene rings is 1. The molecular formula is C30H32F3N5O4. The molecule has 3 aromatic heterocycles. The highest BCUT2D eigenvalue weighted by Crippen LogP contribution is 2.54. The second kappa shape index (κ2) is 9.69. The lowest BCUT2D eigenvalue weighted by Crippen LogP contribution is -2.67. The first-order valence-corrected chi connectivity index (χ1v) is 13.4. The van der Waals surface area contributed by atoms with Crippen LogP contribution in [0, 0.1) is 0 Å². The summed E-state index contributed by atoms with van der Waals surface area (Å²) in [6.07, 6.45) is -2.87. The number of halogens is 3. The van der Waals surface area contributed by atoms with E-state index in [0.29, 0.717) is 32.6 Å². The highest BCUT2D eigenvalue weighted by atomic mass is 19.4. The van der Waals surface area contributed by atoms with Gasteiger partial charge in [-0.1, -0.05) is 30.3 Å². The van der Waals surface area contributed by atoms with Crippen LogP contribution in [-0.4, -0.2) is 57.6 Å². The number of aromatic nitrogens is 4. The molecule has 1 aromatic carbocycles. The second-order valence-corrected chi connectivity index (χ2v) is 12.2. The van der Waals surface area contributed by atoms with Crippen LogP contribution in [0.4, 0.5) is 18.0 Å². The largest absolute Gasteiger partial charge is 0.465 e. The summed E-state index contributed by atoms with van der Waals surface area (Å²) >= 11 is 0. The van der Waals surface area contributed by atoms with Gasteiger partial charge >= 0.3 is 12.3 Å². The summed E-state index contributed by atoms with van der Waals surface area (Å²) < 4.78 is 41.9. The van der Waals surface area contributed by atoms with Crippen molar-refractivity contribution in [3.63, 3.8) is 0 Å². The van der Waals surface area contributed by atoms with Gasteiger partial charge < -0.3 is 14.8 Å². The Labute approximate surface area is 239 Å². The number of carboxylic acid groups (broad SMARTS) is 1. The van der Waals surface area contributed by atoms with Crippen molar-refractivity contribution in [3.05, 3.63) is 70.9 Å². The molecule has 1 aliphatic carbocycles. The van der Waals surface area contributed by atoms with Crippen LogP contribution in [0.15, 0.2) is 59.8 Å². The van der Waals surface area contributed by atoms with Gasteiger partial charge in [0.2, 0.25) is 0 Å². The molecule has 0 aliphatic heterocycles. The van der Waals surface area contributed by atoms with E-state index in [9.17, 15) is 33.0 Å². The normalized spacial score (nSPS) is 20.9. The lowest BCUT2D eigenvalue weighted by atomic mass is 9.60. The zero-order chi connectivity index (χ0) is 30.8. The molecule has 5 rings (SSSR count). The topological polar surface area (TPSA) is 113 Å². The van der Waals surface area contributed by atoms with Gasteiger partial charge in [-0.05, 0) is 51.0 Å². The first-order chi connectivity index (χ1) is 19.5.